The molecule has 0 spiro atoms. The second-order valence-corrected chi connectivity index (χ2v) is 6.41. The number of aromatic hydroxyl groups is 1. The number of carbonyl (C=O) groups is 2. The molecule has 0 unspecified atom stereocenters. The number of carbonyl (C=O) groups excluding carboxylic acids is 1. The first-order chi connectivity index (χ1) is 12.0. The van der Waals surface area contributed by atoms with Gasteiger partial charge in [0.2, 0.25) is 0 Å². The molecule has 0 radical (unpaired) electrons. The van der Waals surface area contributed by atoms with Crippen molar-refractivity contribution in [2.24, 2.45) is 11.3 Å². The standard InChI is InChI=1S/C18H16N2O5/c1-19-16(22)13-7-10(4-5-20-13)25-9-2-3-14(21)11(6-9)15-12-8-18(12,15)17(23)24/h2-7,12,15,21H,8H2,1H3,(H,19,22)(H,23,24)/t12-,15+,18-/m0/s1. The average molecular weight is 340 g/mol. The second-order valence-electron chi connectivity index (χ2n) is 6.41. The molecule has 7 nitrogen and oxygen atoms in total. The van der Waals surface area contributed by atoms with Gasteiger partial charge in [-0.25, -0.2) is 0 Å². The van der Waals surface area contributed by atoms with Gasteiger partial charge in [-0.3, -0.25) is 14.6 Å². The van der Waals surface area contributed by atoms with Gasteiger partial charge in [-0.05, 0) is 36.6 Å². The average Bonchev–Trinajstić information content (AvgIpc) is 3.47. The van der Waals surface area contributed by atoms with Gasteiger partial charge in [-0.1, -0.05) is 0 Å². The fourth-order valence-electron chi connectivity index (χ4n) is 3.49. The smallest absolute Gasteiger partial charge is 0.310 e. The van der Waals surface area contributed by atoms with Gasteiger partial charge in [-0.2, -0.15) is 0 Å². The summed E-state index contributed by atoms with van der Waals surface area (Å²) in [4.78, 5) is 27.0. The molecule has 2 fully saturated rings. The van der Waals surface area contributed by atoms with Crippen molar-refractivity contribution in [2.45, 2.75) is 12.3 Å². The number of ether oxygens (including phenoxy) is 1. The van der Waals surface area contributed by atoms with Crippen molar-refractivity contribution in [3.05, 3.63) is 47.8 Å². The minimum absolute atomic E-state index is 0.0750. The number of phenolic OH excluding ortho intramolecular Hbond substituents is 1. The molecular formula is C18H16N2O5. The number of fused-ring (bicyclic) bond motifs is 1. The van der Waals surface area contributed by atoms with E-state index in [1.54, 1.807) is 18.2 Å². The van der Waals surface area contributed by atoms with Crippen molar-refractivity contribution in [3.8, 4) is 17.2 Å². The lowest BCUT2D eigenvalue weighted by atomic mass is 9.96. The lowest BCUT2D eigenvalue weighted by Crippen LogP contribution is -2.18. The molecule has 2 aliphatic carbocycles. The first-order valence-electron chi connectivity index (χ1n) is 7.89. The van der Waals surface area contributed by atoms with E-state index in [2.05, 4.69) is 10.3 Å². The predicted octanol–water partition coefficient (Wildman–Crippen LogP) is 2.13. The van der Waals surface area contributed by atoms with Crippen LogP contribution in [0.4, 0.5) is 0 Å². The number of benzene rings is 1. The molecule has 0 saturated heterocycles. The normalized spacial score (nSPS) is 25.6. The Morgan fingerprint density at radius 3 is 2.68 bits per heavy atom. The Balaban J connectivity index is 1.58. The van der Waals surface area contributed by atoms with E-state index in [4.69, 9.17) is 4.74 Å². The molecule has 128 valence electrons. The predicted molar refractivity (Wildman–Crippen MR) is 86.7 cm³/mol. The number of carboxylic acids is 1. The monoisotopic (exact) mass is 340 g/mol. The van der Waals surface area contributed by atoms with E-state index in [9.17, 15) is 19.8 Å². The lowest BCUT2D eigenvalue weighted by Gasteiger charge is -2.13. The number of carboxylic acid groups (broad SMARTS) is 1. The van der Waals surface area contributed by atoms with E-state index in [0.717, 1.165) is 0 Å². The van der Waals surface area contributed by atoms with E-state index in [1.807, 2.05) is 0 Å². The molecule has 7 heteroatoms. The maximum Gasteiger partial charge on any atom is 0.310 e. The van der Waals surface area contributed by atoms with E-state index in [0.29, 0.717) is 23.5 Å². The first-order valence-corrected chi connectivity index (χ1v) is 7.89. The Bertz CT molecular complexity index is 897. The van der Waals surface area contributed by atoms with Crippen LogP contribution in [-0.4, -0.2) is 34.1 Å². The van der Waals surface area contributed by atoms with E-state index >= 15 is 0 Å². The Hall–Kier alpha value is -3.09. The fraction of sp³-hybridized carbons (Fsp3) is 0.278. The highest BCUT2D eigenvalue weighted by Crippen LogP contribution is 2.85. The maximum atomic E-state index is 11.6. The minimum Gasteiger partial charge on any atom is -0.508 e. The third kappa shape index (κ3) is 2.31. The van der Waals surface area contributed by atoms with Crippen LogP contribution in [0, 0.1) is 11.3 Å². The Morgan fingerprint density at radius 1 is 1.28 bits per heavy atom. The number of rotatable bonds is 5. The second kappa shape index (κ2) is 5.20. The van der Waals surface area contributed by atoms with Crippen LogP contribution < -0.4 is 10.1 Å². The van der Waals surface area contributed by atoms with Crippen molar-refractivity contribution >= 4 is 11.9 Å². The Labute approximate surface area is 143 Å². The van der Waals surface area contributed by atoms with Crippen LogP contribution in [0.5, 0.6) is 17.2 Å². The van der Waals surface area contributed by atoms with Crippen LogP contribution in [0.15, 0.2) is 36.5 Å². The molecule has 3 N–H and O–H groups in total. The van der Waals surface area contributed by atoms with Gasteiger partial charge in [0.15, 0.2) is 0 Å². The number of hydrogen-bond acceptors (Lipinski definition) is 5. The van der Waals surface area contributed by atoms with Gasteiger partial charge < -0.3 is 20.3 Å². The molecule has 4 rings (SSSR count). The number of pyridine rings is 1. The fourth-order valence-corrected chi connectivity index (χ4v) is 3.49. The summed E-state index contributed by atoms with van der Waals surface area (Å²) in [7, 11) is 1.52. The van der Waals surface area contributed by atoms with E-state index in [-0.39, 0.29) is 29.2 Å². The molecule has 3 atom stereocenters. The van der Waals surface area contributed by atoms with Crippen LogP contribution in [0.1, 0.15) is 28.4 Å². The zero-order valence-electron chi connectivity index (χ0n) is 13.4. The summed E-state index contributed by atoms with van der Waals surface area (Å²) in [6.45, 7) is 0. The molecule has 0 aliphatic heterocycles. The summed E-state index contributed by atoms with van der Waals surface area (Å²) in [5.41, 5.74) is 0.128. The first kappa shape index (κ1) is 15.4. The van der Waals surface area contributed by atoms with Crippen molar-refractivity contribution in [1.29, 1.82) is 0 Å². The summed E-state index contributed by atoms with van der Waals surface area (Å²) < 4.78 is 5.75. The summed E-state index contributed by atoms with van der Waals surface area (Å²) in [5, 5.41) is 21.9. The maximum absolute atomic E-state index is 11.6. The van der Waals surface area contributed by atoms with E-state index < -0.39 is 11.4 Å². The molecule has 1 heterocycles. The van der Waals surface area contributed by atoms with Gasteiger partial charge in [0, 0.05) is 30.8 Å². The molecule has 25 heavy (non-hydrogen) atoms. The van der Waals surface area contributed by atoms with E-state index in [1.165, 1.54) is 25.4 Å². The molecule has 1 aromatic carbocycles. The number of aromatic nitrogens is 1. The minimum atomic E-state index is -0.808. The van der Waals surface area contributed by atoms with Crippen molar-refractivity contribution < 1.29 is 24.5 Å². The summed E-state index contributed by atoms with van der Waals surface area (Å²) in [6, 6.07) is 7.89. The highest BCUT2D eigenvalue weighted by atomic mass is 16.5. The Morgan fingerprint density at radius 2 is 2.04 bits per heavy atom. The third-order valence-electron chi connectivity index (χ3n) is 5.07. The zero-order chi connectivity index (χ0) is 17.8. The molecule has 2 aliphatic rings. The number of hydrogen-bond donors (Lipinski definition) is 3. The summed E-state index contributed by atoms with van der Waals surface area (Å²) in [6.07, 6.45) is 2.13. The molecule has 2 saturated carbocycles. The quantitative estimate of drug-likeness (QED) is 0.769. The highest BCUT2D eigenvalue weighted by Gasteiger charge is 2.84. The number of amides is 1. The van der Waals surface area contributed by atoms with Crippen LogP contribution in [0.25, 0.3) is 0 Å². The number of phenols is 1. The SMILES string of the molecule is CNC(=O)c1cc(Oc2ccc(O)c([C@@H]3[C@@H]4C[C@@]34C(=O)O)c2)ccn1. The summed E-state index contributed by atoms with van der Waals surface area (Å²) in [5.74, 6) is -0.214. The van der Waals surface area contributed by atoms with Gasteiger partial charge in [0.05, 0.1) is 5.41 Å². The largest absolute Gasteiger partial charge is 0.508 e. The van der Waals surface area contributed by atoms with Gasteiger partial charge in [0.1, 0.15) is 22.9 Å². The van der Waals surface area contributed by atoms with Crippen LogP contribution >= 0.6 is 0 Å². The van der Waals surface area contributed by atoms with Crippen LogP contribution in [0.3, 0.4) is 0 Å². The molecule has 1 aromatic heterocycles. The number of aliphatic carboxylic acids is 1. The van der Waals surface area contributed by atoms with Crippen molar-refractivity contribution in [3.63, 3.8) is 0 Å². The third-order valence-corrected chi connectivity index (χ3v) is 5.07. The van der Waals surface area contributed by atoms with Gasteiger partial charge in [-0.15, -0.1) is 0 Å². The molecule has 2 aromatic rings. The number of nitrogens with zero attached hydrogens (tertiary/aromatic N) is 1. The van der Waals surface area contributed by atoms with Crippen LogP contribution in [0.2, 0.25) is 0 Å². The topological polar surface area (TPSA) is 109 Å². The van der Waals surface area contributed by atoms with Crippen molar-refractivity contribution in [2.75, 3.05) is 7.05 Å². The Kier molecular flexibility index (Phi) is 3.21. The van der Waals surface area contributed by atoms with Gasteiger partial charge >= 0.3 is 5.97 Å². The van der Waals surface area contributed by atoms with Crippen molar-refractivity contribution in [1.82, 2.24) is 10.3 Å². The zero-order valence-corrected chi connectivity index (χ0v) is 13.4. The molecular weight excluding hydrogens is 324 g/mol. The number of nitrogens with one attached hydrogen (secondary N) is 1. The summed E-state index contributed by atoms with van der Waals surface area (Å²) >= 11 is 0. The molecule has 1 amide bonds. The highest BCUT2D eigenvalue weighted by molar-refractivity contribution is 5.92. The lowest BCUT2D eigenvalue weighted by molar-refractivity contribution is -0.141. The van der Waals surface area contributed by atoms with Gasteiger partial charge in [0.25, 0.3) is 5.91 Å². The van der Waals surface area contributed by atoms with Crippen LogP contribution in [-0.2, 0) is 4.79 Å². The molecule has 0 bridgehead atoms.